The topological polar surface area (TPSA) is 33.1 Å². The van der Waals surface area contributed by atoms with Gasteiger partial charge in [-0.1, -0.05) is 6.08 Å². The zero-order valence-corrected chi connectivity index (χ0v) is 8.26. The van der Waals surface area contributed by atoms with Crippen LogP contribution in [-0.2, 0) is 4.74 Å². The van der Waals surface area contributed by atoms with Crippen LogP contribution >= 0.6 is 24.2 Å². The molecule has 11 heavy (non-hydrogen) atoms. The first kappa shape index (κ1) is 13.4. The van der Waals surface area contributed by atoms with Crippen LogP contribution in [0.25, 0.3) is 0 Å². The van der Waals surface area contributed by atoms with Crippen molar-refractivity contribution in [3.63, 3.8) is 0 Å². The van der Waals surface area contributed by atoms with E-state index in [1.54, 1.807) is 11.8 Å². The molecule has 0 aliphatic carbocycles. The predicted octanol–water partition coefficient (Wildman–Crippen LogP) is 2.34. The minimum atomic E-state index is 0. The van der Waals surface area contributed by atoms with Crippen molar-refractivity contribution in [1.82, 2.24) is 0 Å². The molecule has 0 unspecified atom stereocenters. The first-order chi connectivity index (χ1) is 4.81. The molecule has 0 atom stereocenters. The Morgan fingerprint density at radius 2 is 2.36 bits per heavy atom. The van der Waals surface area contributed by atoms with Crippen LogP contribution in [0.15, 0.2) is 12.7 Å². The van der Waals surface area contributed by atoms with Crippen LogP contribution in [0, 0.1) is 5.41 Å². The van der Waals surface area contributed by atoms with E-state index in [2.05, 4.69) is 6.58 Å². The van der Waals surface area contributed by atoms with Crippen molar-refractivity contribution in [2.75, 3.05) is 18.1 Å². The summed E-state index contributed by atoms with van der Waals surface area (Å²) in [7, 11) is 0. The maximum absolute atomic E-state index is 7.19. The van der Waals surface area contributed by atoms with Gasteiger partial charge in [-0.25, -0.2) is 0 Å². The highest BCUT2D eigenvalue weighted by atomic mass is 35.5. The second-order valence-electron chi connectivity index (χ2n) is 1.66. The quantitative estimate of drug-likeness (QED) is 0.316. The van der Waals surface area contributed by atoms with E-state index in [4.69, 9.17) is 10.1 Å². The summed E-state index contributed by atoms with van der Waals surface area (Å²) in [5, 5.41) is 7.19. The third-order valence-corrected chi connectivity index (χ3v) is 1.73. The molecule has 0 saturated carbocycles. The molecule has 0 rings (SSSR count). The average Bonchev–Trinajstić information content (AvgIpc) is 1.89. The molecule has 0 aromatic heterocycles. The molecule has 0 aliphatic heterocycles. The van der Waals surface area contributed by atoms with Gasteiger partial charge < -0.3 is 4.74 Å². The fraction of sp³-hybridized carbons (Fsp3) is 0.571. The Kier molecular flexibility index (Phi) is 12.0. The molecule has 0 amide bonds. The van der Waals surface area contributed by atoms with Crippen molar-refractivity contribution >= 4 is 30.1 Å². The number of nitrogens with one attached hydrogen (secondary N) is 1. The van der Waals surface area contributed by atoms with Crippen LogP contribution in [0.3, 0.4) is 0 Å². The molecule has 1 N–H and O–H groups in total. The van der Waals surface area contributed by atoms with Crippen molar-refractivity contribution < 1.29 is 4.74 Å². The SMILES string of the molecule is C=CCSCC(=N)OCC.Cl. The zero-order valence-electron chi connectivity index (χ0n) is 6.63. The average molecular weight is 196 g/mol. The lowest BCUT2D eigenvalue weighted by Gasteiger charge is -2.01. The normalized spacial score (nSPS) is 8.09. The van der Waals surface area contributed by atoms with Gasteiger partial charge in [0.2, 0.25) is 0 Å². The molecular weight excluding hydrogens is 182 g/mol. The summed E-state index contributed by atoms with van der Waals surface area (Å²) in [6.07, 6.45) is 1.82. The van der Waals surface area contributed by atoms with Gasteiger partial charge in [-0.05, 0) is 6.92 Å². The Morgan fingerprint density at radius 1 is 1.73 bits per heavy atom. The van der Waals surface area contributed by atoms with Gasteiger partial charge in [0.15, 0.2) is 5.90 Å². The standard InChI is InChI=1S/C7H13NOS.ClH/c1-3-5-10-6-7(8)9-4-2;/h3,8H,1,4-6H2,2H3;1H. The fourth-order valence-electron chi connectivity index (χ4n) is 0.451. The number of hydrogen-bond donors (Lipinski definition) is 1. The van der Waals surface area contributed by atoms with Gasteiger partial charge in [0.25, 0.3) is 0 Å². The van der Waals surface area contributed by atoms with Crippen LogP contribution in [0.2, 0.25) is 0 Å². The van der Waals surface area contributed by atoms with Gasteiger partial charge in [-0.15, -0.1) is 30.7 Å². The maximum atomic E-state index is 7.19. The third-order valence-electron chi connectivity index (χ3n) is 0.787. The molecule has 0 bridgehead atoms. The van der Waals surface area contributed by atoms with E-state index in [1.165, 1.54) is 0 Å². The van der Waals surface area contributed by atoms with Crippen molar-refractivity contribution in [3.8, 4) is 0 Å². The Labute approximate surface area is 78.3 Å². The van der Waals surface area contributed by atoms with Crippen LogP contribution in [0.1, 0.15) is 6.92 Å². The highest BCUT2D eigenvalue weighted by molar-refractivity contribution is 8.00. The number of halogens is 1. The van der Waals surface area contributed by atoms with E-state index in [-0.39, 0.29) is 12.4 Å². The first-order valence-corrected chi connectivity index (χ1v) is 4.35. The predicted molar refractivity (Wildman–Crippen MR) is 54.1 cm³/mol. The Hall–Kier alpha value is -0.150. The molecule has 0 aromatic carbocycles. The highest BCUT2D eigenvalue weighted by Crippen LogP contribution is 1.99. The van der Waals surface area contributed by atoms with Crippen LogP contribution in [0.5, 0.6) is 0 Å². The molecule has 66 valence electrons. The Balaban J connectivity index is 0. The van der Waals surface area contributed by atoms with E-state index < -0.39 is 0 Å². The van der Waals surface area contributed by atoms with E-state index in [0.29, 0.717) is 18.3 Å². The molecular formula is C7H14ClNOS. The van der Waals surface area contributed by atoms with Crippen molar-refractivity contribution in [2.45, 2.75) is 6.92 Å². The minimum Gasteiger partial charge on any atom is -0.481 e. The van der Waals surface area contributed by atoms with Gasteiger partial charge >= 0.3 is 0 Å². The second-order valence-corrected chi connectivity index (χ2v) is 2.69. The van der Waals surface area contributed by atoms with E-state index in [1.807, 2.05) is 13.0 Å². The van der Waals surface area contributed by atoms with E-state index in [9.17, 15) is 0 Å². The summed E-state index contributed by atoms with van der Waals surface area (Å²) in [6.45, 7) is 6.04. The smallest absolute Gasteiger partial charge is 0.190 e. The van der Waals surface area contributed by atoms with Crippen LogP contribution in [-0.4, -0.2) is 24.0 Å². The third kappa shape index (κ3) is 9.85. The number of thioether (sulfide) groups is 1. The lowest BCUT2D eigenvalue weighted by molar-refractivity contribution is 0.322. The molecule has 0 heterocycles. The van der Waals surface area contributed by atoms with Crippen LogP contribution in [0.4, 0.5) is 0 Å². The zero-order chi connectivity index (χ0) is 7.82. The number of rotatable bonds is 5. The van der Waals surface area contributed by atoms with Crippen molar-refractivity contribution in [2.24, 2.45) is 0 Å². The van der Waals surface area contributed by atoms with Crippen LogP contribution < -0.4 is 0 Å². The summed E-state index contributed by atoms with van der Waals surface area (Å²) in [4.78, 5) is 0. The van der Waals surface area contributed by atoms with Gasteiger partial charge in [-0.2, -0.15) is 0 Å². The molecule has 0 radical (unpaired) electrons. The minimum absolute atomic E-state index is 0. The van der Waals surface area contributed by atoms with Gasteiger partial charge in [0, 0.05) is 5.75 Å². The molecule has 0 spiro atoms. The van der Waals surface area contributed by atoms with Crippen molar-refractivity contribution in [3.05, 3.63) is 12.7 Å². The van der Waals surface area contributed by atoms with E-state index in [0.717, 1.165) is 5.75 Å². The molecule has 0 aromatic rings. The number of ether oxygens (including phenoxy) is 1. The van der Waals surface area contributed by atoms with Crippen molar-refractivity contribution in [1.29, 1.82) is 5.41 Å². The van der Waals surface area contributed by atoms with Gasteiger partial charge in [0.1, 0.15) is 0 Å². The lowest BCUT2D eigenvalue weighted by atomic mass is 10.7. The molecule has 0 fully saturated rings. The number of hydrogen-bond acceptors (Lipinski definition) is 3. The maximum Gasteiger partial charge on any atom is 0.190 e. The van der Waals surface area contributed by atoms with E-state index >= 15 is 0 Å². The second kappa shape index (κ2) is 9.85. The van der Waals surface area contributed by atoms with Gasteiger partial charge in [-0.3, -0.25) is 5.41 Å². The monoisotopic (exact) mass is 195 g/mol. The highest BCUT2D eigenvalue weighted by Gasteiger charge is 1.93. The Morgan fingerprint density at radius 3 is 2.82 bits per heavy atom. The van der Waals surface area contributed by atoms with Gasteiger partial charge in [0.05, 0.1) is 12.4 Å². The molecule has 2 nitrogen and oxygen atoms in total. The largest absolute Gasteiger partial charge is 0.481 e. The summed E-state index contributed by atoms with van der Waals surface area (Å²) in [5.74, 6) is 1.89. The fourth-order valence-corrected chi connectivity index (χ4v) is 1.00. The first-order valence-electron chi connectivity index (χ1n) is 3.20. The Bertz CT molecular complexity index is 119. The summed E-state index contributed by atoms with van der Waals surface area (Å²) in [6, 6.07) is 0. The lowest BCUT2D eigenvalue weighted by Crippen LogP contribution is -2.05. The molecule has 0 saturated heterocycles. The molecule has 0 aliphatic rings. The summed E-state index contributed by atoms with van der Waals surface area (Å²) < 4.78 is 4.92. The summed E-state index contributed by atoms with van der Waals surface area (Å²) in [5.41, 5.74) is 0. The summed E-state index contributed by atoms with van der Waals surface area (Å²) >= 11 is 1.63. The molecule has 4 heteroatoms.